The second-order valence-electron chi connectivity index (χ2n) is 6.59. The van der Waals surface area contributed by atoms with Gasteiger partial charge < -0.3 is 42.1 Å². The van der Waals surface area contributed by atoms with E-state index in [1.807, 2.05) is 5.32 Å². The highest BCUT2D eigenvalue weighted by atomic mass is 16.4. The van der Waals surface area contributed by atoms with Gasteiger partial charge in [-0.3, -0.25) is 19.2 Å². The Labute approximate surface area is 166 Å². The zero-order valence-corrected chi connectivity index (χ0v) is 16.1. The summed E-state index contributed by atoms with van der Waals surface area (Å²) in [5.41, 5.74) is 5.66. The molecule has 0 aromatic heterocycles. The van der Waals surface area contributed by atoms with Crippen LogP contribution in [0.5, 0.6) is 0 Å². The fraction of sp³-hybridized carbons (Fsp3) is 0.688. The van der Waals surface area contributed by atoms with Gasteiger partial charge in [-0.15, -0.1) is 0 Å². The molecule has 0 saturated heterocycles. The number of carbonyl (C=O) groups excluding carboxylic acids is 3. The fourth-order valence-corrected chi connectivity index (χ4v) is 2.03. The standard InChI is InChI=1S/C16H28N4O9/c1-7(2)12(17)15(27)19-9(5-21)14(26)18-8(3-4-11(23)24)13(25)20-10(6-22)16(28)29/h7-10,12,21-22H,3-6,17H2,1-2H3,(H,18,26)(H,19,27)(H,20,25)(H,23,24)(H,28,29). The van der Waals surface area contributed by atoms with Crippen LogP contribution in [0.25, 0.3) is 0 Å². The van der Waals surface area contributed by atoms with Crippen molar-refractivity contribution >= 4 is 29.7 Å². The number of rotatable bonds is 13. The molecule has 4 atom stereocenters. The number of amides is 3. The van der Waals surface area contributed by atoms with Crippen molar-refractivity contribution < 1.29 is 44.4 Å². The highest BCUT2D eigenvalue weighted by Gasteiger charge is 2.30. The van der Waals surface area contributed by atoms with Crippen molar-refractivity contribution in [2.45, 2.75) is 50.9 Å². The van der Waals surface area contributed by atoms with Gasteiger partial charge >= 0.3 is 11.9 Å². The number of aliphatic hydroxyl groups excluding tert-OH is 2. The van der Waals surface area contributed by atoms with Gasteiger partial charge in [0.15, 0.2) is 0 Å². The molecule has 0 radical (unpaired) electrons. The molecule has 0 aromatic rings. The highest BCUT2D eigenvalue weighted by Crippen LogP contribution is 2.02. The van der Waals surface area contributed by atoms with E-state index in [-0.39, 0.29) is 5.92 Å². The Morgan fingerprint density at radius 2 is 1.24 bits per heavy atom. The summed E-state index contributed by atoms with van der Waals surface area (Å²) >= 11 is 0. The zero-order valence-electron chi connectivity index (χ0n) is 16.1. The van der Waals surface area contributed by atoms with Crippen LogP contribution in [-0.2, 0) is 24.0 Å². The van der Waals surface area contributed by atoms with Crippen LogP contribution in [0.4, 0.5) is 0 Å². The minimum atomic E-state index is -1.66. The van der Waals surface area contributed by atoms with Crippen LogP contribution in [0.2, 0.25) is 0 Å². The molecule has 0 aliphatic carbocycles. The van der Waals surface area contributed by atoms with Gasteiger partial charge in [-0.2, -0.15) is 0 Å². The Hall–Kier alpha value is -2.77. The summed E-state index contributed by atoms with van der Waals surface area (Å²) in [4.78, 5) is 58.2. The smallest absolute Gasteiger partial charge is 0.328 e. The monoisotopic (exact) mass is 420 g/mol. The minimum absolute atomic E-state index is 0.252. The van der Waals surface area contributed by atoms with Crippen LogP contribution < -0.4 is 21.7 Å². The van der Waals surface area contributed by atoms with Crippen molar-refractivity contribution in [3.63, 3.8) is 0 Å². The molecule has 0 fully saturated rings. The first-order valence-corrected chi connectivity index (χ1v) is 8.77. The van der Waals surface area contributed by atoms with E-state index in [0.717, 1.165) is 0 Å². The van der Waals surface area contributed by atoms with Crippen LogP contribution in [-0.4, -0.2) is 87.5 Å². The van der Waals surface area contributed by atoms with E-state index in [9.17, 15) is 29.1 Å². The zero-order chi connectivity index (χ0) is 22.7. The first-order chi connectivity index (χ1) is 13.4. The summed E-state index contributed by atoms with van der Waals surface area (Å²) < 4.78 is 0. The van der Waals surface area contributed by atoms with E-state index in [4.69, 9.17) is 21.1 Å². The van der Waals surface area contributed by atoms with Gasteiger partial charge in [-0.05, 0) is 12.3 Å². The molecular weight excluding hydrogens is 392 g/mol. The quantitative estimate of drug-likeness (QED) is 0.146. The SMILES string of the molecule is CC(C)C(N)C(=O)NC(CO)C(=O)NC(CCC(=O)O)C(=O)NC(CO)C(=O)O. The number of hydrogen-bond acceptors (Lipinski definition) is 8. The lowest BCUT2D eigenvalue weighted by atomic mass is 10.0. The molecule has 0 aliphatic rings. The van der Waals surface area contributed by atoms with E-state index < -0.39 is 79.9 Å². The summed E-state index contributed by atoms with van der Waals surface area (Å²) in [6.07, 6.45) is -0.939. The number of hydrogen-bond donors (Lipinski definition) is 8. The van der Waals surface area contributed by atoms with Crippen LogP contribution in [0.1, 0.15) is 26.7 Å². The van der Waals surface area contributed by atoms with Crippen molar-refractivity contribution in [1.29, 1.82) is 0 Å². The summed E-state index contributed by atoms with van der Waals surface area (Å²) in [7, 11) is 0. The third-order valence-electron chi connectivity index (χ3n) is 3.91. The van der Waals surface area contributed by atoms with Crippen molar-refractivity contribution in [3.8, 4) is 0 Å². The number of carboxylic acid groups (broad SMARTS) is 2. The molecule has 0 bridgehead atoms. The van der Waals surface area contributed by atoms with Crippen LogP contribution >= 0.6 is 0 Å². The maximum absolute atomic E-state index is 12.3. The van der Waals surface area contributed by atoms with Gasteiger partial charge in [-0.25, -0.2) is 4.79 Å². The van der Waals surface area contributed by atoms with E-state index in [1.54, 1.807) is 13.8 Å². The first-order valence-electron chi connectivity index (χ1n) is 8.77. The largest absolute Gasteiger partial charge is 0.481 e. The Kier molecular flexibility index (Phi) is 11.4. The molecule has 0 rings (SSSR count). The number of nitrogens with two attached hydrogens (primary N) is 1. The number of carbonyl (C=O) groups is 5. The molecule has 4 unspecified atom stereocenters. The first kappa shape index (κ1) is 26.2. The topological polar surface area (TPSA) is 228 Å². The van der Waals surface area contributed by atoms with E-state index in [2.05, 4.69) is 10.6 Å². The van der Waals surface area contributed by atoms with Crippen molar-refractivity contribution in [3.05, 3.63) is 0 Å². The van der Waals surface area contributed by atoms with Gasteiger partial charge in [0, 0.05) is 6.42 Å². The number of aliphatic carboxylic acids is 2. The maximum Gasteiger partial charge on any atom is 0.328 e. The number of aliphatic hydroxyl groups is 2. The Morgan fingerprint density at radius 1 is 0.793 bits per heavy atom. The average molecular weight is 420 g/mol. The summed E-state index contributed by atoms with van der Waals surface area (Å²) in [6.45, 7) is 1.59. The van der Waals surface area contributed by atoms with E-state index >= 15 is 0 Å². The second-order valence-corrected chi connectivity index (χ2v) is 6.59. The number of carboxylic acids is 2. The second kappa shape index (κ2) is 12.6. The van der Waals surface area contributed by atoms with Gasteiger partial charge in [0.05, 0.1) is 19.3 Å². The molecular formula is C16H28N4O9. The lowest BCUT2D eigenvalue weighted by Crippen LogP contribution is -2.58. The van der Waals surface area contributed by atoms with Gasteiger partial charge in [0.2, 0.25) is 17.7 Å². The van der Waals surface area contributed by atoms with Crippen LogP contribution in [0.3, 0.4) is 0 Å². The molecule has 0 heterocycles. The van der Waals surface area contributed by atoms with Crippen molar-refractivity contribution in [2.75, 3.05) is 13.2 Å². The molecule has 29 heavy (non-hydrogen) atoms. The lowest BCUT2D eigenvalue weighted by Gasteiger charge is -2.24. The Bertz CT molecular complexity index is 611. The molecule has 166 valence electrons. The molecule has 0 aromatic carbocycles. The van der Waals surface area contributed by atoms with Crippen LogP contribution in [0.15, 0.2) is 0 Å². The fourth-order valence-electron chi connectivity index (χ4n) is 2.03. The van der Waals surface area contributed by atoms with Gasteiger partial charge in [0.1, 0.15) is 18.1 Å². The Balaban J connectivity index is 5.24. The van der Waals surface area contributed by atoms with Crippen molar-refractivity contribution in [2.24, 2.45) is 11.7 Å². The molecule has 3 amide bonds. The molecule has 13 nitrogen and oxygen atoms in total. The summed E-state index contributed by atoms with van der Waals surface area (Å²) in [5.74, 6) is -5.83. The van der Waals surface area contributed by atoms with Crippen molar-refractivity contribution in [1.82, 2.24) is 16.0 Å². The molecule has 0 spiro atoms. The van der Waals surface area contributed by atoms with Crippen LogP contribution in [0, 0.1) is 5.92 Å². The Morgan fingerprint density at radius 3 is 1.66 bits per heavy atom. The highest BCUT2D eigenvalue weighted by molar-refractivity contribution is 5.94. The number of nitrogens with one attached hydrogen (secondary N) is 3. The predicted molar refractivity (Wildman–Crippen MR) is 97.3 cm³/mol. The predicted octanol–water partition coefficient (Wildman–Crippen LogP) is -3.64. The van der Waals surface area contributed by atoms with Gasteiger partial charge in [-0.1, -0.05) is 13.8 Å². The third kappa shape index (κ3) is 9.32. The van der Waals surface area contributed by atoms with E-state index in [0.29, 0.717) is 0 Å². The molecule has 0 aliphatic heterocycles. The molecule has 0 saturated carbocycles. The summed E-state index contributed by atoms with van der Waals surface area (Å²) in [6, 6.07) is -5.58. The van der Waals surface area contributed by atoms with Gasteiger partial charge in [0.25, 0.3) is 0 Å². The normalized spacial score (nSPS) is 15.0. The lowest BCUT2D eigenvalue weighted by molar-refractivity contribution is -0.144. The summed E-state index contributed by atoms with van der Waals surface area (Å²) in [5, 5.41) is 42.4. The maximum atomic E-state index is 12.3. The minimum Gasteiger partial charge on any atom is -0.481 e. The molecule has 13 heteroatoms. The molecule has 9 N–H and O–H groups in total. The van der Waals surface area contributed by atoms with E-state index in [1.165, 1.54) is 0 Å². The average Bonchev–Trinajstić information content (AvgIpc) is 2.65. The third-order valence-corrected chi connectivity index (χ3v) is 3.91.